The maximum absolute atomic E-state index is 11.7. The Hall–Kier alpha value is -2.06. The molecule has 2 rings (SSSR count). The van der Waals surface area contributed by atoms with Gasteiger partial charge in [-0.15, -0.1) is 0 Å². The van der Waals surface area contributed by atoms with E-state index in [9.17, 15) is 4.79 Å². The molecule has 0 aliphatic heterocycles. The van der Waals surface area contributed by atoms with Crippen molar-refractivity contribution < 1.29 is 4.79 Å². The van der Waals surface area contributed by atoms with Crippen LogP contribution in [0.3, 0.4) is 0 Å². The molecule has 2 aromatic rings. The molecule has 18 heavy (non-hydrogen) atoms. The molecule has 0 radical (unpaired) electrons. The quantitative estimate of drug-likeness (QED) is 0.659. The third-order valence-corrected chi connectivity index (χ3v) is 2.60. The number of carbonyl (C=O) groups is 1. The zero-order chi connectivity index (χ0) is 12.8. The van der Waals surface area contributed by atoms with Gasteiger partial charge in [-0.25, -0.2) is 0 Å². The van der Waals surface area contributed by atoms with Crippen molar-refractivity contribution in [3.63, 3.8) is 0 Å². The highest BCUT2D eigenvalue weighted by molar-refractivity contribution is 6.30. The minimum absolute atomic E-state index is 0.0369. The van der Waals surface area contributed by atoms with E-state index >= 15 is 0 Å². The molecule has 1 N–H and O–H groups in total. The number of allylic oxidation sites excluding steroid dienone is 1. The molecule has 2 aromatic carbocycles. The first-order valence-electron chi connectivity index (χ1n) is 5.54. The molecule has 3 heteroatoms. The van der Waals surface area contributed by atoms with Gasteiger partial charge in [0.2, 0.25) is 0 Å². The van der Waals surface area contributed by atoms with Gasteiger partial charge in [0, 0.05) is 28.5 Å². The normalized spacial score (nSPS) is 10.5. The van der Waals surface area contributed by atoms with E-state index in [0.29, 0.717) is 10.6 Å². The topological polar surface area (TPSA) is 29.1 Å². The summed E-state index contributed by atoms with van der Waals surface area (Å²) in [6.07, 6.45) is 3.11. The number of rotatable bonds is 4. The first-order chi connectivity index (χ1) is 8.75. The molecule has 0 heterocycles. The van der Waals surface area contributed by atoms with E-state index in [-0.39, 0.29) is 5.78 Å². The Bertz CT molecular complexity index is 564. The van der Waals surface area contributed by atoms with Crippen LogP contribution in [-0.4, -0.2) is 5.78 Å². The molecule has 90 valence electrons. The zero-order valence-electron chi connectivity index (χ0n) is 9.64. The average molecular weight is 258 g/mol. The van der Waals surface area contributed by atoms with Gasteiger partial charge in [0.1, 0.15) is 0 Å². The van der Waals surface area contributed by atoms with Crippen LogP contribution in [0.15, 0.2) is 66.9 Å². The van der Waals surface area contributed by atoms with Crippen molar-refractivity contribution in [3.05, 3.63) is 77.5 Å². The van der Waals surface area contributed by atoms with Crippen molar-refractivity contribution in [2.75, 3.05) is 5.32 Å². The minimum atomic E-state index is -0.0369. The Balaban J connectivity index is 1.98. The lowest BCUT2D eigenvalue weighted by Gasteiger charge is -2.00. The molecule has 0 bridgehead atoms. The second kappa shape index (κ2) is 6.03. The fraction of sp³-hybridized carbons (Fsp3) is 0. The van der Waals surface area contributed by atoms with Gasteiger partial charge < -0.3 is 5.32 Å². The lowest BCUT2D eigenvalue weighted by Crippen LogP contribution is -1.95. The van der Waals surface area contributed by atoms with Crippen LogP contribution in [0.1, 0.15) is 10.4 Å². The van der Waals surface area contributed by atoms with E-state index in [1.807, 2.05) is 30.3 Å². The van der Waals surface area contributed by atoms with Gasteiger partial charge in [0.25, 0.3) is 0 Å². The van der Waals surface area contributed by atoms with Crippen LogP contribution in [0.4, 0.5) is 5.69 Å². The number of carbonyl (C=O) groups excluding carboxylic acids is 1. The van der Waals surface area contributed by atoms with Crippen LogP contribution in [-0.2, 0) is 0 Å². The predicted octanol–water partition coefficient (Wildman–Crippen LogP) is 4.15. The second-order valence-electron chi connectivity index (χ2n) is 3.72. The van der Waals surface area contributed by atoms with Crippen molar-refractivity contribution in [1.82, 2.24) is 0 Å². The van der Waals surface area contributed by atoms with Gasteiger partial charge in [-0.1, -0.05) is 48.0 Å². The van der Waals surface area contributed by atoms with Gasteiger partial charge >= 0.3 is 0 Å². The third-order valence-electron chi connectivity index (χ3n) is 2.37. The highest BCUT2D eigenvalue weighted by Crippen LogP contribution is 2.14. The van der Waals surface area contributed by atoms with E-state index in [1.165, 1.54) is 6.08 Å². The van der Waals surface area contributed by atoms with Crippen LogP contribution in [0.5, 0.6) is 0 Å². The minimum Gasteiger partial charge on any atom is -0.362 e. The molecule has 0 aliphatic rings. The van der Waals surface area contributed by atoms with Gasteiger partial charge in [-0.3, -0.25) is 4.79 Å². The van der Waals surface area contributed by atoms with E-state index in [1.54, 1.807) is 30.5 Å². The Labute approximate surface area is 111 Å². The Morgan fingerprint density at radius 3 is 2.56 bits per heavy atom. The maximum Gasteiger partial charge on any atom is 0.187 e. The number of benzene rings is 2. The van der Waals surface area contributed by atoms with Gasteiger partial charge in [-0.05, 0) is 18.2 Å². The van der Waals surface area contributed by atoms with Gasteiger partial charge in [-0.2, -0.15) is 0 Å². The fourth-order valence-corrected chi connectivity index (χ4v) is 1.68. The molecule has 0 saturated heterocycles. The Kier molecular flexibility index (Phi) is 4.15. The number of hydrogen-bond donors (Lipinski definition) is 1. The number of hydrogen-bond acceptors (Lipinski definition) is 2. The van der Waals surface area contributed by atoms with Gasteiger partial charge in [0.15, 0.2) is 5.78 Å². The molecule has 0 aliphatic carbocycles. The van der Waals surface area contributed by atoms with Crippen molar-refractivity contribution >= 4 is 23.1 Å². The molecule has 0 atom stereocenters. The lowest BCUT2D eigenvalue weighted by atomic mass is 10.1. The van der Waals surface area contributed by atoms with E-state index in [0.717, 1.165) is 5.69 Å². The summed E-state index contributed by atoms with van der Waals surface area (Å²) in [6, 6.07) is 16.4. The molecule has 0 unspecified atom stereocenters. The van der Waals surface area contributed by atoms with Crippen LogP contribution in [0.25, 0.3) is 0 Å². The van der Waals surface area contributed by atoms with Crippen molar-refractivity contribution in [1.29, 1.82) is 0 Å². The summed E-state index contributed by atoms with van der Waals surface area (Å²) in [5.41, 5.74) is 1.52. The van der Waals surface area contributed by atoms with Crippen LogP contribution in [0, 0.1) is 0 Å². The summed E-state index contributed by atoms with van der Waals surface area (Å²) >= 11 is 5.85. The first kappa shape index (κ1) is 12.4. The van der Waals surface area contributed by atoms with Crippen molar-refractivity contribution in [3.8, 4) is 0 Å². The average Bonchev–Trinajstić information content (AvgIpc) is 2.40. The van der Waals surface area contributed by atoms with Crippen LogP contribution in [0.2, 0.25) is 5.02 Å². The Morgan fingerprint density at radius 2 is 1.83 bits per heavy atom. The molecule has 0 fully saturated rings. The predicted molar refractivity (Wildman–Crippen MR) is 75.0 cm³/mol. The summed E-state index contributed by atoms with van der Waals surface area (Å²) in [5.74, 6) is -0.0369. The largest absolute Gasteiger partial charge is 0.362 e. The van der Waals surface area contributed by atoms with Crippen LogP contribution < -0.4 is 5.32 Å². The second-order valence-corrected chi connectivity index (χ2v) is 4.15. The molecule has 0 amide bonds. The monoisotopic (exact) mass is 257 g/mol. The Morgan fingerprint density at radius 1 is 1.06 bits per heavy atom. The summed E-state index contributed by atoms with van der Waals surface area (Å²) in [4.78, 5) is 11.7. The van der Waals surface area contributed by atoms with E-state index < -0.39 is 0 Å². The number of halogens is 1. The number of anilines is 1. The van der Waals surface area contributed by atoms with Crippen LogP contribution >= 0.6 is 11.6 Å². The standard InChI is InChI=1S/C15H12ClNO/c16-13-7-4-8-14(11-13)17-10-9-15(18)12-5-2-1-3-6-12/h1-11,17H/b10-9-. The zero-order valence-corrected chi connectivity index (χ0v) is 10.4. The third kappa shape index (κ3) is 3.47. The first-order valence-corrected chi connectivity index (χ1v) is 5.91. The van der Waals surface area contributed by atoms with Crippen molar-refractivity contribution in [2.45, 2.75) is 0 Å². The molecular formula is C15H12ClNO. The summed E-state index contributed by atoms with van der Waals surface area (Å²) in [6.45, 7) is 0. The number of ketones is 1. The van der Waals surface area contributed by atoms with Gasteiger partial charge in [0.05, 0.1) is 0 Å². The maximum atomic E-state index is 11.7. The molecule has 2 nitrogen and oxygen atoms in total. The van der Waals surface area contributed by atoms with E-state index in [2.05, 4.69) is 5.32 Å². The highest BCUT2D eigenvalue weighted by atomic mass is 35.5. The number of nitrogens with one attached hydrogen (secondary N) is 1. The van der Waals surface area contributed by atoms with Crippen molar-refractivity contribution in [2.24, 2.45) is 0 Å². The molecular weight excluding hydrogens is 246 g/mol. The smallest absolute Gasteiger partial charge is 0.187 e. The fourth-order valence-electron chi connectivity index (χ4n) is 1.49. The summed E-state index contributed by atoms with van der Waals surface area (Å²) in [7, 11) is 0. The summed E-state index contributed by atoms with van der Waals surface area (Å²) in [5, 5.41) is 3.66. The molecule has 0 aromatic heterocycles. The highest BCUT2D eigenvalue weighted by Gasteiger charge is 1.98. The lowest BCUT2D eigenvalue weighted by molar-refractivity contribution is 0.104. The molecule has 0 saturated carbocycles. The SMILES string of the molecule is O=C(/C=C\Nc1cccc(Cl)c1)c1ccccc1. The summed E-state index contributed by atoms with van der Waals surface area (Å²) < 4.78 is 0. The molecule has 0 spiro atoms. The van der Waals surface area contributed by atoms with E-state index in [4.69, 9.17) is 11.6 Å².